The molecule has 0 radical (unpaired) electrons. The molecule has 0 rings (SSSR count). The molecular formula is C6H11ClO3. The molecule has 0 spiro atoms. The quantitative estimate of drug-likeness (QED) is 0.647. The van der Waals surface area contributed by atoms with Crippen LogP contribution in [-0.4, -0.2) is 22.7 Å². The second-order valence-electron chi connectivity index (χ2n) is 2.57. The normalized spacial score (nSPS) is 11.2. The maximum atomic E-state index is 10.2. The van der Waals surface area contributed by atoms with Crippen LogP contribution in [0.5, 0.6) is 0 Å². The van der Waals surface area contributed by atoms with Crippen molar-refractivity contribution in [3.63, 3.8) is 0 Å². The SMILES string of the molecule is CC(C)(CCO)OC(=O)Cl. The van der Waals surface area contributed by atoms with Gasteiger partial charge < -0.3 is 9.84 Å². The Balaban J connectivity index is 3.74. The Morgan fingerprint density at radius 2 is 2.20 bits per heavy atom. The van der Waals surface area contributed by atoms with Crippen LogP contribution >= 0.6 is 11.6 Å². The molecule has 0 aromatic rings. The van der Waals surface area contributed by atoms with Crippen molar-refractivity contribution in [3.8, 4) is 0 Å². The van der Waals surface area contributed by atoms with Gasteiger partial charge in [-0.05, 0) is 13.8 Å². The van der Waals surface area contributed by atoms with Crippen LogP contribution < -0.4 is 0 Å². The zero-order valence-corrected chi connectivity index (χ0v) is 6.81. The molecule has 1 N–H and O–H groups in total. The van der Waals surface area contributed by atoms with Gasteiger partial charge >= 0.3 is 5.43 Å². The molecule has 0 aliphatic rings. The third-order valence-electron chi connectivity index (χ3n) is 1.07. The highest BCUT2D eigenvalue weighted by Crippen LogP contribution is 2.14. The molecule has 0 aromatic heterocycles. The van der Waals surface area contributed by atoms with Gasteiger partial charge in [0.1, 0.15) is 5.60 Å². The number of carbonyl (C=O) groups is 1. The van der Waals surface area contributed by atoms with E-state index in [1.807, 2.05) is 0 Å². The summed E-state index contributed by atoms with van der Waals surface area (Å²) in [5, 5.41) is 8.48. The molecule has 0 heterocycles. The molecule has 3 nitrogen and oxygen atoms in total. The minimum absolute atomic E-state index is 0.0167. The second-order valence-corrected chi connectivity index (χ2v) is 2.88. The van der Waals surface area contributed by atoms with Crippen LogP contribution in [0.3, 0.4) is 0 Å². The van der Waals surface area contributed by atoms with Crippen LogP contribution in [0.15, 0.2) is 0 Å². The zero-order chi connectivity index (χ0) is 8.20. The van der Waals surface area contributed by atoms with Crippen molar-refractivity contribution in [2.75, 3.05) is 6.61 Å². The van der Waals surface area contributed by atoms with Gasteiger partial charge in [0, 0.05) is 24.6 Å². The summed E-state index contributed by atoms with van der Waals surface area (Å²) in [5.41, 5.74) is -1.49. The van der Waals surface area contributed by atoms with E-state index in [1.54, 1.807) is 13.8 Å². The maximum Gasteiger partial charge on any atom is 0.404 e. The Kier molecular flexibility index (Phi) is 3.68. The van der Waals surface area contributed by atoms with E-state index in [-0.39, 0.29) is 6.61 Å². The van der Waals surface area contributed by atoms with E-state index in [4.69, 9.17) is 16.7 Å². The van der Waals surface area contributed by atoms with E-state index < -0.39 is 11.0 Å². The molecule has 10 heavy (non-hydrogen) atoms. The van der Waals surface area contributed by atoms with Gasteiger partial charge in [0.15, 0.2) is 0 Å². The predicted molar refractivity (Wildman–Crippen MR) is 38.1 cm³/mol. The molecule has 0 atom stereocenters. The van der Waals surface area contributed by atoms with Crippen LogP contribution in [0.1, 0.15) is 20.3 Å². The molecule has 0 bridgehead atoms. The fourth-order valence-electron chi connectivity index (χ4n) is 0.538. The molecule has 0 saturated heterocycles. The lowest BCUT2D eigenvalue weighted by molar-refractivity contribution is 0.0365. The Morgan fingerprint density at radius 1 is 1.70 bits per heavy atom. The van der Waals surface area contributed by atoms with Gasteiger partial charge in [-0.25, -0.2) is 4.79 Å². The molecule has 60 valence electrons. The minimum atomic E-state index is -0.835. The van der Waals surface area contributed by atoms with Crippen molar-refractivity contribution in [3.05, 3.63) is 0 Å². The summed E-state index contributed by atoms with van der Waals surface area (Å²) in [4.78, 5) is 10.2. The Labute approximate surface area is 64.9 Å². The monoisotopic (exact) mass is 166 g/mol. The molecule has 0 saturated carbocycles. The number of hydrogen-bond donors (Lipinski definition) is 1. The van der Waals surface area contributed by atoms with Gasteiger partial charge in [-0.3, -0.25) is 0 Å². The summed E-state index contributed by atoms with van der Waals surface area (Å²) in [5.74, 6) is 0. The van der Waals surface area contributed by atoms with Crippen LogP contribution in [0.4, 0.5) is 4.79 Å². The molecule has 0 aromatic carbocycles. The average molecular weight is 167 g/mol. The minimum Gasteiger partial charge on any atom is -0.448 e. The van der Waals surface area contributed by atoms with Gasteiger partial charge in [-0.2, -0.15) is 0 Å². The highest BCUT2D eigenvalue weighted by molar-refractivity contribution is 6.61. The van der Waals surface area contributed by atoms with Gasteiger partial charge in [-0.1, -0.05) is 0 Å². The van der Waals surface area contributed by atoms with Crippen LogP contribution in [-0.2, 0) is 4.74 Å². The summed E-state index contributed by atoms with van der Waals surface area (Å²) in [6, 6.07) is 0. The van der Waals surface area contributed by atoms with Crippen molar-refractivity contribution >= 4 is 17.0 Å². The number of hydrogen-bond acceptors (Lipinski definition) is 3. The molecule has 0 amide bonds. The lowest BCUT2D eigenvalue weighted by atomic mass is 10.1. The molecule has 4 heteroatoms. The summed E-state index contributed by atoms with van der Waals surface area (Å²) in [6.45, 7) is 3.35. The molecule has 0 fully saturated rings. The number of rotatable bonds is 3. The van der Waals surface area contributed by atoms with E-state index in [0.29, 0.717) is 6.42 Å². The molecule has 0 unspecified atom stereocenters. The summed E-state index contributed by atoms with van der Waals surface area (Å²) in [6.07, 6.45) is 0.394. The first-order chi connectivity index (χ1) is 4.48. The average Bonchev–Trinajstić information content (AvgIpc) is 1.59. The topological polar surface area (TPSA) is 46.5 Å². The summed E-state index contributed by atoms with van der Waals surface area (Å²) >= 11 is 4.96. The Morgan fingerprint density at radius 3 is 2.50 bits per heavy atom. The van der Waals surface area contributed by atoms with E-state index in [9.17, 15) is 4.79 Å². The smallest absolute Gasteiger partial charge is 0.404 e. The maximum absolute atomic E-state index is 10.2. The van der Waals surface area contributed by atoms with Crippen LogP contribution in [0, 0.1) is 0 Å². The first-order valence-corrected chi connectivity index (χ1v) is 3.35. The van der Waals surface area contributed by atoms with Crippen molar-refractivity contribution in [1.29, 1.82) is 0 Å². The zero-order valence-electron chi connectivity index (χ0n) is 6.06. The fraction of sp³-hybridized carbons (Fsp3) is 0.833. The highest BCUT2D eigenvalue weighted by atomic mass is 35.5. The lowest BCUT2D eigenvalue weighted by Gasteiger charge is -2.21. The van der Waals surface area contributed by atoms with Crippen molar-refractivity contribution in [2.24, 2.45) is 0 Å². The van der Waals surface area contributed by atoms with Gasteiger partial charge in [0.05, 0.1) is 0 Å². The molecule has 0 aliphatic carbocycles. The number of carbonyl (C=O) groups excluding carboxylic acids is 1. The molecular weight excluding hydrogens is 156 g/mol. The Hall–Kier alpha value is -0.280. The molecule has 0 aliphatic heterocycles. The van der Waals surface area contributed by atoms with Gasteiger partial charge in [0.25, 0.3) is 0 Å². The summed E-state index contributed by atoms with van der Waals surface area (Å²) in [7, 11) is 0. The van der Waals surface area contributed by atoms with E-state index in [0.717, 1.165) is 0 Å². The fourth-order valence-corrected chi connectivity index (χ4v) is 0.746. The van der Waals surface area contributed by atoms with Crippen LogP contribution in [0.2, 0.25) is 0 Å². The van der Waals surface area contributed by atoms with E-state index in [1.165, 1.54) is 0 Å². The third-order valence-corrected chi connectivity index (χ3v) is 1.15. The third kappa shape index (κ3) is 4.58. The highest BCUT2D eigenvalue weighted by Gasteiger charge is 2.20. The van der Waals surface area contributed by atoms with E-state index in [2.05, 4.69) is 4.74 Å². The number of halogens is 1. The summed E-state index contributed by atoms with van der Waals surface area (Å²) < 4.78 is 4.64. The largest absolute Gasteiger partial charge is 0.448 e. The van der Waals surface area contributed by atoms with Crippen molar-refractivity contribution in [1.82, 2.24) is 0 Å². The number of aliphatic hydroxyl groups is 1. The lowest BCUT2D eigenvalue weighted by Crippen LogP contribution is -2.26. The van der Waals surface area contributed by atoms with Crippen LogP contribution in [0.25, 0.3) is 0 Å². The second kappa shape index (κ2) is 3.78. The number of aliphatic hydroxyl groups excluding tert-OH is 1. The van der Waals surface area contributed by atoms with Gasteiger partial charge in [-0.15, -0.1) is 0 Å². The Bertz CT molecular complexity index is 122. The first-order valence-electron chi connectivity index (χ1n) is 2.97. The van der Waals surface area contributed by atoms with E-state index >= 15 is 0 Å². The van der Waals surface area contributed by atoms with Crippen molar-refractivity contribution in [2.45, 2.75) is 25.9 Å². The predicted octanol–water partition coefficient (Wildman–Crippen LogP) is 1.52. The van der Waals surface area contributed by atoms with Gasteiger partial charge in [0.2, 0.25) is 0 Å². The van der Waals surface area contributed by atoms with Crippen molar-refractivity contribution < 1.29 is 14.6 Å². The first kappa shape index (κ1) is 9.72. The number of ether oxygens (including phenoxy) is 1. The standard InChI is InChI=1S/C6H11ClO3/c1-6(2,3-4-8)10-5(7)9/h8H,3-4H2,1-2H3.